The van der Waals surface area contributed by atoms with Gasteiger partial charge < -0.3 is 24.8 Å². The number of amides is 3. The third kappa shape index (κ3) is 7.62. The molecular formula is C23H26N4O6. The summed E-state index contributed by atoms with van der Waals surface area (Å²) in [6.07, 6.45) is 3.08. The van der Waals surface area contributed by atoms with E-state index in [2.05, 4.69) is 21.2 Å². The summed E-state index contributed by atoms with van der Waals surface area (Å²) in [4.78, 5) is 35.9. The molecule has 2 aromatic rings. The standard InChI is InChI=1S/C23H26N4O6/c1-31-18-10-8-17(9-11-18)26-21(28)15-33-20-7-3-2-5-16(20)13-25-27-23(30)22(29)24-14-19-6-4-12-32-19/h2-3,5,7-11,13,19H,4,6,12,14-15H2,1H3,(H,24,29)(H,26,28)(H,27,30)/b25-13-/t19-/m1/s1. The minimum absolute atomic E-state index is 0.0591. The monoisotopic (exact) mass is 454 g/mol. The van der Waals surface area contributed by atoms with Crippen molar-refractivity contribution in [1.29, 1.82) is 0 Å². The molecule has 1 aliphatic rings. The number of para-hydroxylation sites is 1. The van der Waals surface area contributed by atoms with Crippen LogP contribution in [0.2, 0.25) is 0 Å². The van der Waals surface area contributed by atoms with Crippen molar-refractivity contribution in [3.8, 4) is 11.5 Å². The fraction of sp³-hybridized carbons (Fsp3) is 0.304. The summed E-state index contributed by atoms with van der Waals surface area (Å²) in [5.74, 6) is -0.944. The molecule has 174 valence electrons. The van der Waals surface area contributed by atoms with E-state index < -0.39 is 11.8 Å². The van der Waals surface area contributed by atoms with Crippen LogP contribution in [0.4, 0.5) is 5.69 Å². The summed E-state index contributed by atoms with van der Waals surface area (Å²) in [5, 5.41) is 9.04. The van der Waals surface area contributed by atoms with Gasteiger partial charge in [-0.25, -0.2) is 5.43 Å². The maximum atomic E-state index is 12.2. The quantitative estimate of drug-likeness (QED) is 0.299. The van der Waals surface area contributed by atoms with Gasteiger partial charge in [0.2, 0.25) is 0 Å². The van der Waals surface area contributed by atoms with Crippen LogP contribution in [-0.2, 0) is 19.1 Å². The summed E-state index contributed by atoms with van der Waals surface area (Å²) in [6.45, 7) is 0.724. The molecule has 10 heteroatoms. The van der Waals surface area contributed by atoms with E-state index >= 15 is 0 Å². The predicted molar refractivity (Wildman–Crippen MR) is 121 cm³/mol. The highest BCUT2D eigenvalue weighted by molar-refractivity contribution is 6.35. The number of carbonyl (C=O) groups is 3. The first-order valence-electron chi connectivity index (χ1n) is 10.4. The molecule has 1 saturated heterocycles. The van der Waals surface area contributed by atoms with E-state index in [9.17, 15) is 14.4 Å². The van der Waals surface area contributed by atoms with Crippen LogP contribution in [0.25, 0.3) is 0 Å². The number of nitrogens with zero attached hydrogens (tertiary/aromatic N) is 1. The van der Waals surface area contributed by atoms with E-state index in [1.807, 2.05) is 0 Å². The predicted octanol–water partition coefficient (Wildman–Crippen LogP) is 1.46. The molecule has 2 aromatic carbocycles. The average Bonchev–Trinajstić information content (AvgIpc) is 3.36. The molecule has 33 heavy (non-hydrogen) atoms. The molecule has 1 heterocycles. The summed E-state index contributed by atoms with van der Waals surface area (Å²) >= 11 is 0. The topological polar surface area (TPSA) is 127 Å². The van der Waals surface area contributed by atoms with Gasteiger partial charge in [0.05, 0.1) is 19.4 Å². The van der Waals surface area contributed by atoms with Crippen LogP contribution in [-0.4, -0.2) is 56.9 Å². The minimum Gasteiger partial charge on any atom is -0.497 e. The Hall–Kier alpha value is -3.92. The van der Waals surface area contributed by atoms with Crippen LogP contribution in [0.3, 0.4) is 0 Å². The number of hydrogen-bond donors (Lipinski definition) is 3. The zero-order valence-electron chi connectivity index (χ0n) is 18.2. The second-order valence-corrected chi connectivity index (χ2v) is 7.15. The van der Waals surface area contributed by atoms with Gasteiger partial charge in [-0.3, -0.25) is 14.4 Å². The van der Waals surface area contributed by atoms with Gasteiger partial charge in [-0.15, -0.1) is 0 Å². The molecule has 0 saturated carbocycles. The Balaban J connectivity index is 1.46. The lowest BCUT2D eigenvalue weighted by Crippen LogP contribution is -2.41. The lowest BCUT2D eigenvalue weighted by Gasteiger charge is -2.10. The first-order valence-corrected chi connectivity index (χ1v) is 10.4. The normalized spacial score (nSPS) is 15.1. The molecule has 10 nitrogen and oxygen atoms in total. The van der Waals surface area contributed by atoms with Gasteiger partial charge >= 0.3 is 11.8 Å². The molecule has 1 atom stereocenters. The number of rotatable bonds is 9. The Morgan fingerprint density at radius 1 is 1.12 bits per heavy atom. The number of carbonyl (C=O) groups excluding carboxylic acids is 3. The van der Waals surface area contributed by atoms with Gasteiger partial charge in [0, 0.05) is 24.4 Å². The lowest BCUT2D eigenvalue weighted by atomic mass is 10.2. The zero-order valence-corrected chi connectivity index (χ0v) is 18.2. The van der Waals surface area contributed by atoms with Crippen LogP contribution < -0.4 is 25.5 Å². The Morgan fingerprint density at radius 2 is 1.91 bits per heavy atom. The van der Waals surface area contributed by atoms with Crippen molar-refractivity contribution in [3.63, 3.8) is 0 Å². The van der Waals surface area contributed by atoms with Crippen molar-refractivity contribution in [2.75, 3.05) is 32.2 Å². The maximum absolute atomic E-state index is 12.2. The van der Waals surface area contributed by atoms with E-state index in [4.69, 9.17) is 14.2 Å². The van der Waals surface area contributed by atoms with Gasteiger partial charge in [0.25, 0.3) is 5.91 Å². The summed E-state index contributed by atoms with van der Waals surface area (Å²) in [7, 11) is 1.56. The minimum atomic E-state index is -0.887. The third-order valence-corrected chi connectivity index (χ3v) is 4.74. The third-order valence-electron chi connectivity index (χ3n) is 4.74. The Labute approximate surface area is 191 Å². The molecule has 0 unspecified atom stereocenters. The first-order chi connectivity index (χ1) is 16.0. The van der Waals surface area contributed by atoms with Crippen molar-refractivity contribution >= 4 is 29.6 Å². The second-order valence-electron chi connectivity index (χ2n) is 7.15. The van der Waals surface area contributed by atoms with Crippen molar-refractivity contribution in [1.82, 2.24) is 10.7 Å². The van der Waals surface area contributed by atoms with Crippen LogP contribution in [0.15, 0.2) is 53.6 Å². The number of hydrazone groups is 1. The molecule has 0 aromatic heterocycles. The average molecular weight is 454 g/mol. The molecule has 3 amide bonds. The van der Waals surface area contributed by atoms with Crippen molar-refractivity contribution in [3.05, 3.63) is 54.1 Å². The van der Waals surface area contributed by atoms with Gasteiger partial charge in [-0.05, 0) is 49.2 Å². The summed E-state index contributed by atoms with van der Waals surface area (Å²) in [6, 6.07) is 13.8. The van der Waals surface area contributed by atoms with Gasteiger partial charge in [-0.1, -0.05) is 12.1 Å². The molecular weight excluding hydrogens is 428 g/mol. The zero-order chi connectivity index (χ0) is 23.5. The number of hydrogen-bond acceptors (Lipinski definition) is 7. The smallest absolute Gasteiger partial charge is 0.329 e. The molecule has 0 aliphatic carbocycles. The van der Waals surface area contributed by atoms with E-state index in [1.54, 1.807) is 55.6 Å². The van der Waals surface area contributed by atoms with Crippen LogP contribution in [0.5, 0.6) is 11.5 Å². The molecule has 3 N–H and O–H groups in total. The van der Waals surface area contributed by atoms with E-state index in [1.165, 1.54) is 6.21 Å². The largest absolute Gasteiger partial charge is 0.497 e. The highest BCUT2D eigenvalue weighted by atomic mass is 16.5. The summed E-state index contributed by atoms with van der Waals surface area (Å²) in [5.41, 5.74) is 3.31. The van der Waals surface area contributed by atoms with Gasteiger partial charge in [0.1, 0.15) is 11.5 Å². The van der Waals surface area contributed by atoms with Crippen molar-refractivity contribution < 1.29 is 28.6 Å². The fourth-order valence-corrected chi connectivity index (χ4v) is 3.04. The number of benzene rings is 2. The highest BCUT2D eigenvalue weighted by Gasteiger charge is 2.19. The maximum Gasteiger partial charge on any atom is 0.329 e. The number of ether oxygens (including phenoxy) is 3. The first kappa shape index (κ1) is 23.7. The van der Waals surface area contributed by atoms with Crippen LogP contribution in [0.1, 0.15) is 18.4 Å². The lowest BCUT2D eigenvalue weighted by molar-refractivity contribution is -0.139. The van der Waals surface area contributed by atoms with E-state index in [0.29, 0.717) is 29.4 Å². The van der Waals surface area contributed by atoms with E-state index in [-0.39, 0.29) is 25.2 Å². The van der Waals surface area contributed by atoms with Crippen LogP contribution >= 0.6 is 0 Å². The Bertz CT molecular complexity index is 987. The molecule has 1 fully saturated rings. The number of anilines is 1. The van der Waals surface area contributed by atoms with Gasteiger partial charge in [-0.2, -0.15) is 5.10 Å². The summed E-state index contributed by atoms with van der Waals surface area (Å²) < 4.78 is 16.1. The molecule has 1 aliphatic heterocycles. The molecule has 0 bridgehead atoms. The molecule has 3 rings (SSSR count). The van der Waals surface area contributed by atoms with Crippen molar-refractivity contribution in [2.24, 2.45) is 5.10 Å². The Morgan fingerprint density at radius 3 is 2.64 bits per heavy atom. The molecule has 0 radical (unpaired) electrons. The van der Waals surface area contributed by atoms with Crippen LogP contribution in [0, 0.1) is 0 Å². The highest BCUT2D eigenvalue weighted by Crippen LogP contribution is 2.17. The van der Waals surface area contributed by atoms with Crippen molar-refractivity contribution in [2.45, 2.75) is 18.9 Å². The number of methoxy groups -OCH3 is 1. The number of nitrogens with one attached hydrogen (secondary N) is 3. The van der Waals surface area contributed by atoms with Gasteiger partial charge in [0.15, 0.2) is 6.61 Å². The molecule has 0 spiro atoms. The SMILES string of the molecule is COc1ccc(NC(=O)COc2ccccc2/C=N\NC(=O)C(=O)NC[C@H]2CCCO2)cc1. The second kappa shape index (κ2) is 12.2. The fourth-order valence-electron chi connectivity index (χ4n) is 3.04. The Kier molecular flexibility index (Phi) is 8.78. The van der Waals surface area contributed by atoms with E-state index in [0.717, 1.165) is 12.8 Å².